The number of rotatable bonds is 3. The van der Waals surface area contributed by atoms with Crippen LogP contribution in [-0.2, 0) is 0 Å². The van der Waals surface area contributed by atoms with Crippen LogP contribution in [0.25, 0.3) is 0 Å². The quantitative estimate of drug-likeness (QED) is 0.830. The second-order valence-electron chi connectivity index (χ2n) is 7.12. The molecule has 1 N–H and O–H groups in total. The SMILES string of the molecule is CCC1(CN2CC(C)CNCC(C)C2)CCCC1. The van der Waals surface area contributed by atoms with Crippen molar-refractivity contribution in [1.82, 2.24) is 10.2 Å². The van der Waals surface area contributed by atoms with Crippen molar-refractivity contribution in [3.63, 3.8) is 0 Å². The summed E-state index contributed by atoms with van der Waals surface area (Å²) >= 11 is 0. The maximum Gasteiger partial charge on any atom is 0.00381 e. The summed E-state index contributed by atoms with van der Waals surface area (Å²) in [5.74, 6) is 1.60. The molecule has 18 heavy (non-hydrogen) atoms. The summed E-state index contributed by atoms with van der Waals surface area (Å²) < 4.78 is 0. The Labute approximate surface area is 114 Å². The van der Waals surface area contributed by atoms with Crippen molar-refractivity contribution in [2.24, 2.45) is 17.3 Å². The molecular weight excluding hydrogens is 220 g/mol. The lowest BCUT2D eigenvalue weighted by atomic mass is 9.82. The summed E-state index contributed by atoms with van der Waals surface area (Å²) in [6, 6.07) is 0. The van der Waals surface area contributed by atoms with E-state index in [1.807, 2.05) is 0 Å². The molecule has 0 radical (unpaired) electrons. The van der Waals surface area contributed by atoms with E-state index >= 15 is 0 Å². The molecule has 1 aliphatic carbocycles. The second-order valence-corrected chi connectivity index (χ2v) is 7.12. The third-order valence-electron chi connectivity index (χ3n) is 5.10. The van der Waals surface area contributed by atoms with E-state index in [0.717, 1.165) is 11.8 Å². The van der Waals surface area contributed by atoms with Gasteiger partial charge in [0.05, 0.1) is 0 Å². The summed E-state index contributed by atoms with van der Waals surface area (Å²) in [4.78, 5) is 2.78. The molecule has 0 aromatic rings. The lowest BCUT2D eigenvalue weighted by molar-refractivity contribution is 0.109. The lowest BCUT2D eigenvalue weighted by Crippen LogP contribution is -2.46. The molecule has 0 aromatic heterocycles. The first-order chi connectivity index (χ1) is 8.63. The Kier molecular flexibility index (Phi) is 5.08. The third kappa shape index (κ3) is 3.71. The Balaban J connectivity index is 1.95. The molecule has 1 saturated carbocycles. The van der Waals surface area contributed by atoms with E-state index in [0.29, 0.717) is 5.41 Å². The molecule has 0 bridgehead atoms. The highest BCUT2D eigenvalue weighted by Crippen LogP contribution is 2.41. The predicted molar refractivity (Wildman–Crippen MR) is 78.8 cm³/mol. The van der Waals surface area contributed by atoms with Crippen molar-refractivity contribution in [2.45, 2.75) is 52.9 Å². The van der Waals surface area contributed by atoms with Crippen LogP contribution >= 0.6 is 0 Å². The Morgan fingerprint density at radius 1 is 1.06 bits per heavy atom. The van der Waals surface area contributed by atoms with Gasteiger partial charge in [-0.3, -0.25) is 0 Å². The zero-order valence-electron chi connectivity index (χ0n) is 12.7. The summed E-state index contributed by atoms with van der Waals surface area (Å²) in [7, 11) is 0. The predicted octanol–water partition coefficient (Wildman–Crippen LogP) is 3.13. The molecule has 2 nitrogen and oxygen atoms in total. The number of nitrogens with zero attached hydrogens (tertiary/aromatic N) is 1. The van der Waals surface area contributed by atoms with Gasteiger partial charge in [-0.05, 0) is 49.6 Å². The van der Waals surface area contributed by atoms with Gasteiger partial charge in [-0.2, -0.15) is 0 Å². The molecule has 0 aromatic carbocycles. The van der Waals surface area contributed by atoms with E-state index in [-0.39, 0.29) is 0 Å². The van der Waals surface area contributed by atoms with Crippen LogP contribution in [0.4, 0.5) is 0 Å². The molecule has 2 aliphatic rings. The van der Waals surface area contributed by atoms with Crippen molar-refractivity contribution in [3.05, 3.63) is 0 Å². The van der Waals surface area contributed by atoms with Crippen LogP contribution < -0.4 is 5.32 Å². The monoisotopic (exact) mass is 252 g/mol. The molecule has 106 valence electrons. The van der Waals surface area contributed by atoms with Crippen molar-refractivity contribution in [3.8, 4) is 0 Å². The van der Waals surface area contributed by atoms with Crippen LogP contribution in [-0.4, -0.2) is 37.6 Å². The van der Waals surface area contributed by atoms with Crippen LogP contribution in [0.2, 0.25) is 0 Å². The van der Waals surface area contributed by atoms with E-state index in [2.05, 4.69) is 31.0 Å². The van der Waals surface area contributed by atoms with Gasteiger partial charge in [0.1, 0.15) is 0 Å². The number of nitrogens with one attached hydrogen (secondary N) is 1. The highest BCUT2D eigenvalue weighted by molar-refractivity contribution is 4.88. The number of hydrogen-bond donors (Lipinski definition) is 1. The minimum absolute atomic E-state index is 0.659. The van der Waals surface area contributed by atoms with Gasteiger partial charge >= 0.3 is 0 Å². The Morgan fingerprint density at radius 3 is 2.11 bits per heavy atom. The molecule has 1 aliphatic heterocycles. The smallest absolute Gasteiger partial charge is 0.00381 e. The van der Waals surface area contributed by atoms with Gasteiger partial charge in [0.25, 0.3) is 0 Å². The maximum absolute atomic E-state index is 3.60. The molecule has 2 atom stereocenters. The first kappa shape index (κ1) is 14.3. The van der Waals surface area contributed by atoms with E-state index in [1.165, 1.54) is 64.8 Å². The van der Waals surface area contributed by atoms with Gasteiger partial charge in [0, 0.05) is 19.6 Å². The van der Waals surface area contributed by atoms with Crippen LogP contribution in [0.3, 0.4) is 0 Å². The van der Waals surface area contributed by atoms with E-state index in [4.69, 9.17) is 0 Å². The molecular formula is C16H32N2. The van der Waals surface area contributed by atoms with Gasteiger partial charge in [0.15, 0.2) is 0 Å². The van der Waals surface area contributed by atoms with Crippen molar-refractivity contribution in [1.29, 1.82) is 0 Å². The minimum Gasteiger partial charge on any atom is -0.316 e. The summed E-state index contributed by atoms with van der Waals surface area (Å²) in [5.41, 5.74) is 0.659. The number of hydrogen-bond acceptors (Lipinski definition) is 2. The zero-order chi connectivity index (χ0) is 13.0. The lowest BCUT2D eigenvalue weighted by Gasteiger charge is -2.38. The standard InChI is InChI=1S/C16H32N2/c1-4-16(7-5-6-8-16)13-18-11-14(2)9-17-10-15(3)12-18/h14-15,17H,4-13H2,1-3H3. The fourth-order valence-electron chi connectivity index (χ4n) is 4.01. The molecule has 1 saturated heterocycles. The van der Waals surface area contributed by atoms with E-state index in [1.54, 1.807) is 0 Å². The van der Waals surface area contributed by atoms with Crippen molar-refractivity contribution >= 4 is 0 Å². The molecule has 2 heteroatoms. The van der Waals surface area contributed by atoms with Crippen LogP contribution in [0.5, 0.6) is 0 Å². The van der Waals surface area contributed by atoms with Gasteiger partial charge in [-0.15, -0.1) is 0 Å². The molecule has 2 fully saturated rings. The second kappa shape index (κ2) is 6.38. The highest BCUT2D eigenvalue weighted by Gasteiger charge is 2.34. The van der Waals surface area contributed by atoms with Gasteiger partial charge in [-0.25, -0.2) is 0 Å². The van der Waals surface area contributed by atoms with Crippen molar-refractivity contribution in [2.75, 3.05) is 32.7 Å². The summed E-state index contributed by atoms with van der Waals surface area (Å²) in [5, 5.41) is 3.60. The minimum atomic E-state index is 0.659. The molecule has 1 heterocycles. The topological polar surface area (TPSA) is 15.3 Å². The normalized spacial score (nSPS) is 34.2. The summed E-state index contributed by atoms with van der Waals surface area (Å²) in [6.45, 7) is 13.5. The van der Waals surface area contributed by atoms with Crippen LogP contribution in [0.1, 0.15) is 52.9 Å². The molecule has 2 rings (SSSR count). The fraction of sp³-hybridized carbons (Fsp3) is 1.00. The third-order valence-corrected chi connectivity index (χ3v) is 5.10. The van der Waals surface area contributed by atoms with Crippen LogP contribution in [0, 0.1) is 17.3 Å². The molecule has 2 unspecified atom stereocenters. The van der Waals surface area contributed by atoms with E-state index in [9.17, 15) is 0 Å². The van der Waals surface area contributed by atoms with Crippen molar-refractivity contribution < 1.29 is 0 Å². The van der Waals surface area contributed by atoms with E-state index < -0.39 is 0 Å². The average Bonchev–Trinajstić information content (AvgIpc) is 2.76. The van der Waals surface area contributed by atoms with Gasteiger partial charge in [0.2, 0.25) is 0 Å². The average molecular weight is 252 g/mol. The first-order valence-electron chi connectivity index (χ1n) is 8.06. The largest absolute Gasteiger partial charge is 0.316 e. The van der Waals surface area contributed by atoms with Gasteiger partial charge in [-0.1, -0.05) is 33.6 Å². The fourth-order valence-corrected chi connectivity index (χ4v) is 4.01. The van der Waals surface area contributed by atoms with Gasteiger partial charge < -0.3 is 10.2 Å². The Bertz CT molecular complexity index is 233. The summed E-state index contributed by atoms with van der Waals surface area (Å²) in [6.07, 6.45) is 7.26. The molecule has 0 spiro atoms. The Morgan fingerprint density at radius 2 is 1.61 bits per heavy atom. The first-order valence-corrected chi connectivity index (χ1v) is 8.06. The van der Waals surface area contributed by atoms with Crippen LogP contribution in [0.15, 0.2) is 0 Å². The maximum atomic E-state index is 3.60. The molecule has 0 amide bonds. The Hall–Kier alpha value is -0.0800. The highest BCUT2D eigenvalue weighted by atomic mass is 15.1. The zero-order valence-corrected chi connectivity index (χ0v) is 12.7.